The van der Waals surface area contributed by atoms with Crippen molar-refractivity contribution in [3.05, 3.63) is 39.2 Å². The van der Waals surface area contributed by atoms with Crippen LogP contribution in [0.4, 0.5) is 5.69 Å². The summed E-state index contributed by atoms with van der Waals surface area (Å²) < 4.78 is 0. The Labute approximate surface area is 172 Å². The lowest BCUT2D eigenvalue weighted by atomic mass is 10.3. The van der Waals surface area contributed by atoms with Crippen LogP contribution in [0.15, 0.2) is 34.2 Å². The van der Waals surface area contributed by atoms with Gasteiger partial charge in [0.2, 0.25) is 5.91 Å². The van der Waals surface area contributed by atoms with E-state index in [1.54, 1.807) is 18.2 Å². The van der Waals surface area contributed by atoms with Gasteiger partial charge in [-0.2, -0.15) is 4.99 Å². The number of rotatable bonds is 6. The molecule has 2 amide bonds. The van der Waals surface area contributed by atoms with Crippen LogP contribution >= 0.6 is 35.0 Å². The van der Waals surface area contributed by atoms with E-state index in [1.165, 1.54) is 18.9 Å². The highest BCUT2D eigenvalue weighted by Gasteiger charge is 2.24. The molecule has 27 heavy (non-hydrogen) atoms. The van der Waals surface area contributed by atoms with E-state index in [4.69, 9.17) is 23.2 Å². The highest BCUT2D eigenvalue weighted by atomic mass is 35.5. The zero-order valence-electron chi connectivity index (χ0n) is 14.6. The number of amidine groups is 1. The third kappa shape index (κ3) is 5.72. The van der Waals surface area contributed by atoms with Gasteiger partial charge in [-0.3, -0.25) is 9.59 Å². The van der Waals surface area contributed by atoms with Gasteiger partial charge in [0, 0.05) is 12.6 Å². The first-order chi connectivity index (χ1) is 13.0. The maximum absolute atomic E-state index is 12.0. The van der Waals surface area contributed by atoms with E-state index in [-0.39, 0.29) is 10.8 Å². The Morgan fingerprint density at radius 2 is 1.96 bits per heavy atom. The molecular weight excluding hydrogens is 407 g/mol. The van der Waals surface area contributed by atoms with Crippen molar-refractivity contribution in [3.63, 3.8) is 0 Å². The lowest BCUT2D eigenvalue weighted by molar-refractivity contribution is -0.117. The number of anilines is 1. The second kappa shape index (κ2) is 9.59. The fourth-order valence-corrected chi connectivity index (χ4v) is 4.16. The highest BCUT2D eigenvalue weighted by Crippen LogP contribution is 2.33. The second-order valence-electron chi connectivity index (χ2n) is 6.25. The van der Waals surface area contributed by atoms with E-state index in [0.717, 1.165) is 37.8 Å². The number of aliphatic imine (C=N–C) groups is 1. The summed E-state index contributed by atoms with van der Waals surface area (Å²) in [7, 11) is 0. The average Bonchev–Trinajstić information content (AvgIpc) is 3.25. The monoisotopic (exact) mass is 426 g/mol. The number of halogens is 2. The standard InChI is InChI=1S/C18H20Cl2N4O2S/c19-12-5-3-6-13(20)16(12)22-18-23-17(26)14(27-18)11-15(25)21-7-4-10-24-8-1-2-9-24/h3,5-6,11H,1-2,4,7-10H2,(H,21,25)(H,22,23,26)/b14-11-. The van der Waals surface area contributed by atoms with E-state index >= 15 is 0 Å². The van der Waals surface area contributed by atoms with E-state index in [1.807, 2.05) is 0 Å². The van der Waals surface area contributed by atoms with Gasteiger partial charge in [-0.25, -0.2) is 0 Å². The first kappa shape index (κ1) is 20.2. The number of nitrogens with one attached hydrogen (secondary N) is 2. The molecule has 2 aliphatic heterocycles. The summed E-state index contributed by atoms with van der Waals surface area (Å²) in [5.74, 6) is -0.752. The van der Waals surface area contributed by atoms with Gasteiger partial charge in [0.1, 0.15) is 0 Å². The van der Waals surface area contributed by atoms with Gasteiger partial charge < -0.3 is 15.5 Å². The third-order valence-electron chi connectivity index (χ3n) is 4.23. The summed E-state index contributed by atoms with van der Waals surface area (Å²) in [6.45, 7) is 3.86. The maximum atomic E-state index is 12.0. The lowest BCUT2D eigenvalue weighted by Crippen LogP contribution is -2.27. The molecule has 1 saturated heterocycles. The molecule has 0 aliphatic carbocycles. The first-order valence-electron chi connectivity index (χ1n) is 8.77. The van der Waals surface area contributed by atoms with Crippen LogP contribution in [0.25, 0.3) is 0 Å². The van der Waals surface area contributed by atoms with Gasteiger partial charge >= 0.3 is 0 Å². The van der Waals surface area contributed by atoms with E-state index in [0.29, 0.717) is 27.4 Å². The minimum absolute atomic E-state index is 0.262. The average molecular weight is 427 g/mol. The summed E-state index contributed by atoms with van der Waals surface area (Å²) in [4.78, 5) is 30.6. The van der Waals surface area contributed by atoms with Crippen molar-refractivity contribution in [1.82, 2.24) is 10.2 Å². The Hall–Kier alpha value is -1.54. The number of likely N-dealkylation sites (tertiary alicyclic amines) is 1. The predicted molar refractivity (Wildman–Crippen MR) is 112 cm³/mol. The quantitative estimate of drug-likeness (QED) is 0.537. The Bertz CT molecular complexity index is 771. The molecule has 1 fully saturated rings. The molecule has 0 saturated carbocycles. The van der Waals surface area contributed by atoms with Crippen LogP contribution in [0, 0.1) is 0 Å². The zero-order valence-corrected chi connectivity index (χ0v) is 17.0. The van der Waals surface area contributed by atoms with Crippen LogP contribution in [-0.4, -0.2) is 48.1 Å². The maximum Gasteiger partial charge on any atom is 0.286 e. The van der Waals surface area contributed by atoms with Crippen LogP contribution < -0.4 is 10.6 Å². The third-order valence-corrected chi connectivity index (χ3v) is 5.76. The molecule has 2 heterocycles. The molecule has 3 rings (SSSR count). The lowest BCUT2D eigenvalue weighted by Gasteiger charge is -2.13. The molecule has 0 atom stereocenters. The van der Waals surface area contributed by atoms with E-state index in [9.17, 15) is 9.59 Å². The summed E-state index contributed by atoms with van der Waals surface area (Å²) in [5, 5.41) is 6.94. The normalized spacial score (nSPS) is 18.8. The van der Waals surface area contributed by atoms with Gasteiger partial charge in [-0.1, -0.05) is 29.3 Å². The molecule has 0 bridgehead atoms. The van der Waals surface area contributed by atoms with Crippen LogP contribution in [-0.2, 0) is 9.59 Å². The Morgan fingerprint density at radius 3 is 2.67 bits per heavy atom. The van der Waals surface area contributed by atoms with Gasteiger partial charge in [0.25, 0.3) is 5.91 Å². The van der Waals surface area contributed by atoms with Crippen molar-refractivity contribution in [3.8, 4) is 0 Å². The second-order valence-corrected chi connectivity index (χ2v) is 8.09. The Kier molecular flexibility index (Phi) is 7.18. The molecular formula is C18H20Cl2N4O2S. The number of para-hydroxylation sites is 1. The minimum atomic E-state index is -0.460. The van der Waals surface area contributed by atoms with Gasteiger partial charge in [-0.05, 0) is 62.8 Å². The number of amides is 2. The molecule has 6 nitrogen and oxygen atoms in total. The molecule has 1 aromatic rings. The molecule has 1 aromatic carbocycles. The molecule has 2 N–H and O–H groups in total. The fraction of sp³-hybridized carbons (Fsp3) is 0.389. The number of nitrogens with zero attached hydrogens (tertiary/aromatic N) is 2. The van der Waals surface area contributed by atoms with E-state index < -0.39 is 5.91 Å². The van der Waals surface area contributed by atoms with Crippen molar-refractivity contribution in [2.75, 3.05) is 31.5 Å². The van der Waals surface area contributed by atoms with Crippen LogP contribution in [0.1, 0.15) is 19.3 Å². The number of thioether (sulfide) groups is 1. The predicted octanol–water partition coefficient (Wildman–Crippen LogP) is 3.52. The number of carbonyl (C=O) groups is 2. The number of carbonyl (C=O) groups excluding carboxylic acids is 2. The molecule has 0 unspecified atom stereocenters. The number of hydrogen-bond donors (Lipinski definition) is 2. The number of hydrogen-bond acceptors (Lipinski definition) is 5. The summed E-state index contributed by atoms with van der Waals surface area (Å²) in [5.41, 5.74) is 0.479. The van der Waals surface area contributed by atoms with E-state index in [2.05, 4.69) is 20.5 Å². The van der Waals surface area contributed by atoms with Crippen molar-refractivity contribution in [1.29, 1.82) is 0 Å². The van der Waals surface area contributed by atoms with Crippen molar-refractivity contribution >= 4 is 57.6 Å². The molecule has 0 radical (unpaired) electrons. The van der Waals surface area contributed by atoms with Crippen molar-refractivity contribution < 1.29 is 9.59 Å². The Balaban J connectivity index is 1.48. The Morgan fingerprint density at radius 1 is 1.26 bits per heavy atom. The van der Waals surface area contributed by atoms with Gasteiger partial charge in [0.05, 0.1) is 20.6 Å². The van der Waals surface area contributed by atoms with Crippen LogP contribution in [0.5, 0.6) is 0 Å². The van der Waals surface area contributed by atoms with Crippen molar-refractivity contribution in [2.24, 2.45) is 4.99 Å². The van der Waals surface area contributed by atoms with Crippen LogP contribution in [0.2, 0.25) is 10.0 Å². The topological polar surface area (TPSA) is 73.8 Å². The molecule has 2 aliphatic rings. The summed E-state index contributed by atoms with van der Waals surface area (Å²) in [6.07, 6.45) is 4.70. The van der Waals surface area contributed by atoms with Gasteiger partial charge in [-0.15, -0.1) is 0 Å². The largest absolute Gasteiger partial charge is 0.352 e. The van der Waals surface area contributed by atoms with Crippen LogP contribution in [0.3, 0.4) is 0 Å². The van der Waals surface area contributed by atoms with Gasteiger partial charge in [0.15, 0.2) is 5.17 Å². The summed E-state index contributed by atoms with van der Waals surface area (Å²) in [6, 6.07) is 5.10. The number of benzene rings is 1. The fourth-order valence-electron chi connectivity index (χ4n) is 2.88. The zero-order chi connectivity index (χ0) is 19.2. The first-order valence-corrected chi connectivity index (χ1v) is 10.3. The summed E-state index contributed by atoms with van der Waals surface area (Å²) >= 11 is 13.3. The smallest absolute Gasteiger partial charge is 0.286 e. The minimum Gasteiger partial charge on any atom is -0.352 e. The molecule has 0 spiro atoms. The van der Waals surface area contributed by atoms with Crippen molar-refractivity contribution in [2.45, 2.75) is 19.3 Å². The molecule has 0 aromatic heterocycles. The SMILES string of the molecule is O=C(/C=C1\SC(Nc2c(Cl)cccc2Cl)=NC1=O)NCCCN1CCCC1. The molecule has 9 heteroatoms. The highest BCUT2D eigenvalue weighted by molar-refractivity contribution is 8.18. The molecule has 144 valence electrons.